The third-order valence-corrected chi connectivity index (χ3v) is 4.34. The predicted molar refractivity (Wildman–Crippen MR) is 76.6 cm³/mol. The van der Waals surface area contributed by atoms with E-state index in [-0.39, 0.29) is 4.78 Å². The standard InChI is InChI=1S/C13H22BNO2S/c1-7-9-11(18-10(8-2)15-9)14-16-12(3,4)13(5,6)17-14/h7-8H2,1-6H3/i1D3,2D3,7D2,8D2. The predicted octanol–water partition coefficient (Wildman–Crippen LogP) is 2.57. The molecule has 0 bridgehead atoms. The number of rotatable bonds is 3. The molecule has 0 aliphatic carbocycles. The van der Waals surface area contributed by atoms with Crippen molar-refractivity contribution in [1.29, 1.82) is 0 Å². The van der Waals surface area contributed by atoms with Gasteiger partial charge in [0.05, 0.1) is 26.7 Å². The van der Waals surface area contributed by atoms with Crippen molar-refractivity contribution in [2.45, 2.75) is 65.3 Å². The van der Waals surface area contributed by atoms with Gasteiger partial charge in [0.15, 0.2) is 0 Å². The minimum atomic E-state index is -3.12. The van der Waals surface area contributed by atoms with E-state index >= 15 is 0 Å². The zero-order valence-electron chi connectivity index (χ0n) is 20.7. The number of aryl methyl sites for hydroxylation is 2. The van der Waals surface area contributed by atoms with E-state index < -0.39 is 55.5 Å². The topological polar surface area (TPSA) is 31.4 Å². The van der Waals surface area contributed by atoms with Crippen LogP contribution in [0.25, 0.3) is 0 Å². The lowest BCUT2D eigenvalue weighted by Crippen LogP contribution is -2.41. The maximum Gasteiger partial charge on any atom is 0.507 e. The van der Waals surface area contributed by atoms with Crippen LogP contribution in [0.1, 0.15) is 65.8 Å². The summed E-state index contributed by atoms with van der Waals surface area (Å²) < 4.78 is 88.4. The average molecular weight is 277 g/mol. The molecule has 0 atom stereocenters. The minimum Gasteiger partial charge on any atom is -0.399 e. The summed E-state index contributed by atoms with van der Waals surface area (Å²) in [5.41, 5.74) is -2.25. The molecule has 1 saturated heterocycles. The maximum atomic E-state index is 8.07. The molecule has 1 aromatic rings. The van der Waals surface area contributed by atoms with E-state index in [0.717, 1.165) is 0 Å². The summed E-state index contributed by atoms with van der Waals surface area (Å²) in [6.45, 7) is 0.776. The fourth-order valence-corrected chi connectivity index (χ4v) is 2.37. The molecule has 2 heterocycles. The molecule has 1 aromatic heterocycles. The normalized spacial score (nSPS) is 32.8. The Morgan fingerprint density at radius 2 is 1.83 bits per heavy atom. The van der Waals surface area contributed by atoms with Gasteiger partial charge in [-0.1, -0.05) is 13.7 Å². The van der Waals surface area contributed by atoms with Crippen LogP contribution in [-0.4, -0.2) is 23.3 Å². The first-order chi connectivity index (χ1) is 12.2. The van der Waals surface area contributed by atoms with Gasteiger partial charge in [-0.3, -0.25) is 0 Å². The summed E-state index contributed by atoms with van der Waals surface area (Å²) in [4.78, 5) is 3.82. The van der Waals surface area contributed by atoms with Gasteiger partial charge in [-0.05, 0) is 40.4 Å². The van der Waals surface area contributed by atoms with Crippen molar-refractivity contribution >= 4 is 23.2 Å². The molecule has 0 spiro atoms. The molecule has 2 rings (SSSR count). The second-order valence-corrected chi connectivity index (χ2v) is 6.10. The van der Waals surface area contributed by atoms with Gasteiger partial charge in [-0.2, -0.15) is 0 Å². The van der Waals surface area contributed by atoms with Crippen LogP contribution < -0.4 is 4.78 Å². The Labute approximate surface area is 128 Å². The van der Waals surface area contributed by atoms with Crippen LogP contribution in [0.3, 0.4) is 0 Å². The van der Waals surface area contributed by atoms with Gasteiger partial charge in [0, 0.05) is 13.7 Å². The second-order valence-electron chi connectivity index (χ2n) is 5.07. The quantitative estimate of drug-likeness (QED) is 0.796. The molecule has 5 heteroatoms. The highest BCUT2D eigenvalue weighted by Gasteiger charge is 2.52. The molecule has 0 unspecified atom stereocenters. The van der Waals surface area contributed by atoms with Gasteiger partial charge in [-0.25, -0.2) is 4.98 Å². The van der Waals surface area contributed by atoms with Crippen LogP contribution in [0.5, 0.6) is 0 Å². The zero-order valence-corrected chi connectivity index (χ0v) is 11.6. The van der Waals surface area contributed by atoms with Crippen LogP contribution in [0.4, 0.5) is 0 Å². The lowest BCUT2D eigenvalue weighted by molar-refractivity contribution is 0.00578. The van der Waals surface area contributed by atoms with Crippen molar-refractivity contribution in [2.75, 3.05) is 0 Å². The first kappa shape index (κ1) is 5.94. The van der Waals surface area contributed by atoms with Crippen LogP contribution in [0.15, 0.2) is 0 Å². The van der Waals surface area contributed by atoms with E-state index in [0.29, 0.717) is 11.3 Å². The fourth-order valence-electron chi connectivity index (χ4n) is 1.58. The SMILES string of the molecule is [2H]C([2H])([2H])C([2H])([2H])c1nc(C([2H])([2H])C([2H])([2H])[2H])c(B2OC(C)(C)C(C)(C)O2)s1. The average Bonchev–Trinajstić information content (AvgIpc) is 2.97. The van der Waals surface area contributed by atoms with E-state index in [1.54, 1.807) is 27.7 Å². The van der Waals surface area contributed by atoms with E-state index in [2.05, 4.69) is 4.98 Å². The number of thiazole rings is 1. The molecule has 1 aliphatic heterocycles. The molecular weight excluding hydrogens is 245 g/mol. The Balaban J connectivity index is 2.68. The molecule has 18 heavy (non-hydrogen) atoms. The smallest absolute Gasteiger partial charge is 0.399 e. The molecular formula is C13H22BNO2S. The minimum absolute atomic E-state index is 0.0945. The van der Waals surface area contributed by atoms with Gasteiger partial charge in [0.25, 0.3) is 0 Å². The van der Waals surface area contributed by atoms with Crippen LogP contribution in [-0.2, 0) is 22.1 Å². The molecule has 0 saturated carbocycles. The lowest BCUT2D eigenvalue weighted by atomic mass is 9.86. The molecule has 0 aromatic carbocycles. The summed E-state index contributed by atoms with van der Waals surface area (Å²) >= 11 is 0.549. The molecule has 3 nitrogen and oxygen atoms in total. The number of hydrogen-bond acceptors (Lipinski definition) is 4. The van der Waals surface area contributed by atoms with Crippen molar-refractivity contribution in [2.24, 2.45) is 0 Å². The summed E-state index contributed by atoms with van der Waals surface area (Å²) in [5.74, 6) is 0. The summed E-state index contributed by atoms with van der Waals surface area (Å²) in [5, 5.41) is -0.555. The molecule has 100 valence electrons. The zero-order chi connectivity index (χ0) is 22.1. The summed E-state index contributed by atoms with van der Waals surface area (Å²) in [6, 6.07) is 0. The van der Waals surface area contributed by atoms with Crippen molar-refractivity contribution in [3.63, 3.8) is 0 Å². The Kier molecular flexibility index (Phi) is 1.52. The number of nitrogens with zero attached hydrogens (tertiary/aromatic N) is 1. The van der Waals surface area contributed by atoms with Crippen LogP contribution >= 0.6 is 11.3 Å². The van der Waals surface area contributed by atoms with Crippen molar-refractivity contribution < 1.29 is 23.0 Å². The highest BCUT2D eigenvalue weighted by atomic mass is 32.1. The third kappa shape index (κ3) is 2.24. The Bertz CT molecular complexity index is 739. The van der Waals surface area contributed by atoms with Gasteiger partial charge < -0.3 is 9.31 Å². The van der Waals surface area contributed by atoms with Crippen LogP contribution in [0, 0.1) is 0 Å². The van der Waals surface area contributed by atoms with Crippen molar-refractivity contribution in [3.05, 3.63) is 10.7 Å². The molecule has 1 fully saturated rings. The van der Waals surface area contributed by atoms with Gasteiger partial charge in [0.2, 0.25) is 0 Å². The number of hydrogen-bond donors (Lipinski definition) is 0. The van der Waals surface area contributed by atoms with Gasteiger partial charge in [0.1, 0.15) is 0 Å². The molecule has 0 amide bonds. The highest BCUT2D eigenvalue weighted by molar-refractivity contribution is 7.22. The monoisotopic (exact) mass is 277 g/mol. The van der Waals surface area contributed by atoms with Gasteiger partial charge in [-0.15, -0.1) is 11.3 Å². The summed E-state index contributed by atoms with van der Waals surface area (Å²) in [6.07, 6.45) is -5.87. The van der Waals surface area contributed by atoms with E-state index in [9.17, 15) is 0 Å². The lowest BCUT2D eigenvalue weighted by Gasteiger charge is -2.32. The van der Waals surface area contributed by atoms with Crippen molar-refractivity contribution in [1.82, 2.24) is 4.98 Å². The van der Waals surface area contributed by atoms with Crippen molar-refractivity contribution in [3.8, 4) is 0 Å². The number of aromatic nitrogens is 1. The van der Waals surface area contributed by atoms with E-state index in [4.69, 9.17) is 23.0 Å². The van der Waals surface area contributed by atoms with Crippen LogP contribution in [0.2, 0.25) is 0 Å². The second kappa shape index (κ2) is 4.62. The largest absolute Gasteiger partial charge is 0.507 e. The van der Waals surface area contributed by atoms with E-state index in [1.165, 1.54) is 0 Å². The van der Waals surface area contributed by atoms with E-state index in [1.807, 2.05) is 0 Å². The maximum absolute atomic E-state index is 8.07. The molecule has 0 N–H and O–H groups in total. The Morgan fingerprint density at radius 1 is 1.22 bits per heavy atom. The summed E-state index contributed by atoms with van der Waals surface area (Å²) in [7, 11) is -1.21. The Morgan fingerprint density at radius 3 is 2.39 bits per heavy atom. The first-order valence-electron chi connectivity index (χ1n) is 10.5. The molecule has 1 aliphatic rings. The molecule has 0 radical (unpaired) electrons. The fraction of sp³-hybridized carbons (Fsp3) is 0.769. The highest BCUT2D eigenvalue weighted by Crippen LogP contribution is 2.37. The van der Waals surface area contributed by atoms with Gasteiger partial charge >= 0.3 is 7.12 Å². The Hall–Kier alpha value is -0.385. The third-order valence-electron chi connectivity index (χ3n) is 3.35. The first-order valence-corrected chi connectivity index (χ1v) is 6.34.